The van der Waals surface area contributed by atoms with Crippen LogP contribution in [0.1, 0.15) is 34.3 Å². The van der Waals surface area contributed by atoms with E-state index in [1.54, 1.807) is 12.1 Å². The molecular formula is C24H27NO3. The van der Waals surface area contributed by atoms with E-state index in [0.717, 1.165) is 30.5 Å². The number of allylic oxidation sites excluding steroid dienone is 2. The lowest BCUT2D eigenvalue weighted by atomic mass is 9.81. The summed E-state index contributed by atoms with van der Waals surface area (Å²) in [5.41, 5.74) is 5.05. The van der Waals surface area contributed by atoms with Crippen LogP contribution in [0.3, 0.4) is 0 Å². The van der Waals surface area contributed by atoms with Crippen LogP contribution in [0.2, 0.25) is 0 Å². The van der Waals surface area contributed by atoms with Crippen LogP contribution >= 0.6 is 0 Å². The minimum absolute atomic E-state index is 0.281. The fourth-order valence-electron chi connectivity index (χ4n) is 3.72. The second-order valence-corrected chi connectivity index (χ2v) is 7.48. The van der Waals surface area contributed by atoms with Gasteiger partial charge in [0.2, 0.25) is 0 Å². The van der Waals surface area contributed by atoms with Gasteiger partial charge in [0.15, 0.2) is 0 Å². The molecule has 1 aliphatic carbocycles. The molecule has 2 aromatic rings. The molecule has 3 rings (SSSR count). The third-order valence-electron chi connectivity index (χ3n) is 4.99. The molecule has 0 amide bonds. The average Bonchev–Trinajstić information content (AvgIpc) is 2.68. The van der Waals surface area contributed by atoms with E-state index in [-0.39, 0.29) is 11.7 Å². The Labute approximate surface area is 166 Å². The summed E-state index contributed by atoms with van der Waals surface area (Å²) in [7, 11) is 5.57. The minimum atomic E-state index is -0.328. The number of hydrogen-bond donors (Lipinski definition) is 1. The zero-order valence-electron chi connectivity index (χ0n) is 16.7. The van der Waals surface area contributed by atoms with Crippen molar-refractivity contribution in [1.82, 2.24) is 4.90 Å². The Hall–Kier alpha value is -2.85. The zero-order valence-corrected chi connectivity index (χ0v) is 16.7. The van der Waals surface area contributed by atoms with Crippen LogP contribution < -0.4 is 0 Å². The molecule has 0 saturated carbocycles. The molecule has 0 bridgehead atoms. The molecule has 0 radical (unpaired) electrons. The van der Waals surface area contributed by atoms with Crippen LogP contribution in [0.15, 0.2) is 60.2 Å². The van der Waals surface area contributed by atoms with Crippen molar-refractivity contribution in [2.24, 2.45) is 5.92 Å². The Morgan fingerprint density at radius 3 is 2.71 bits per heavy atom. The van der Waals surface area contributed by atoms with Gasteiger partial charge in [-0.3, -0.25) is 0 Å². The van der Waals surface area contributed by atoms with Crippen LogP contribution in [0.5, 0.6) is 5.75 Å². The highest BCUT2D eigenvalue weighted by Gasteiger charge is 2.22. The SMILES string of the molecule is COC(=O)c1cccc(/C=C2\C=C(c3cccc(O)c3)[C@@H](CN(C)C)CC2)c1. The molecule has 28 heavy (non-hydrogen) atoms. The van der Waals surface area contributed by atoms with E-state index in [1.807, 2.05) is 30.3 Å². The van der Waals surface area contributed by atoms with Gasteiger partial charge in [-0.1, -0.05) is 36.4 Å². The Morgan fingerprint density at radius 2 is 2.00 bits per heavy atom. The largest absolute Gasteiger partial charge is 0.508 e. The maximum absolute atomic E-state index is 11.8. The number of rotatable bonds is 5. The molecule has 0 spiro atoms. The predicted molar refractivity (Wildman–Crippen MR) is 113 cm³/mol. The Kier molecular flexibility index (Phi) is 6.32. The van der Waals surface area contributed by atoms with Gasteiger partial charge >= 0.3 is 5.97 Å². The number of esters is 1. The lowest BCUT2D eigenvalue weighted by molar-refractivity contribution is 0.0600. The van der Waals surface area contributed by atoms with Crippen molar-refractivity contribution in [2.75, 3.05) is 27.7 Å². The summed E-state index contributed by atoms with van der Waals surface area (Å²) in [6.07, 6.45) is 6.38. The minimum Gasteiger partial charge on any atom is -0.508 e. The van der Waals surface area contributed by atoms with Crippen molar-refractivity contribution in [2.45, 2.75) is 12.8 Å². The number of ether oxygens (including phenoxy) is 1. The van der Waals surface area contributed by atoms with Gasteiger partial charge in [-0.25, -0.2) is 4.79 Å². The monoisotopic (exact) mass is 377 g/mol. The quantitative estimate of drug-likeness (QED) is 0.773. The summed E-state index contributed by atoms with van der Waals surface area (Å²) in [5, 5.41) is 9.92. The third-order valence-corrected chi connectivity index (χ3v) is 4.99. The van der Waals surface area contributed by atoms with E-state index in [2.05, 4.69) is 37.2 Å². The third kappa shape index (κ3) is 4.90. The number of nitrogens with zero attached hydrogens (tertiary/aromatic N) is 1. The topological polar surface area (TPSA) is 49.8 Å². The second kappa shape index (κ2) is 8.89. The number of phenols is 1. The van der Waals surface area contributed by atoms with E-state index in [9.17, 15) is 9.90 Å². The normalized spacial score (nSPS) is 18.2. The molecule has 1 N–H and O–H groups in total. The summed E-state index contributed by atoms with van der Waals surface area (Å²) in [4.78, 5) is 14.0. The van der Waals surface area contributed by atoms with Gasteiger partial charge < -0.3 is 14.7 Å². The molecule has 2 aromatic carbocycles. The molecule has 1 aliphatic rings. The molecule has 0 unspecified atom stereocenters. The molecule has 4 nitrogen and oxygen atoms in total. The molecule has 1 atom stereocenters. The van der Waals surface area contributed by atoms with Crippen LogP contribution in [0.25, 0.3) is 11.6 Å². The fraction of sp³-hybridized carbons (Fsp3) is 0.292. The highest BCUT2D eigenvalue weighted by molar-refractivity contribution is 5.90. The summed E-state index contributed by atoms with van der Waals surface area (Å²) >= 11 is 0. The number of carbonyl (C=O) groups excluding carboxylic acids is 1. The second-order valence-electron chi connectivity index (χ2n) is 7.48. The molecule has 0 fully saturated rings. The number of phenolic OH excluding ortho intramolecular Hbond substituents is 1. The molecule has 0 aromatic heterocycles. The van der Waals surface area contributed by atoms with E-state index in [0.29, 0.717) is 11.5 Å². The lowest BCUT2D eigenvalue weighted by Gasteiger charge is -2.28. The van der Waals surface area contributed by atoms with Crippen molar-refractivity contribution in [3.05, 3.63) is 76.9 Å². The highest BCUT2D eigenvalue weighted by Crippen LogP contribution is 2.36. The average molecular weight is 377 g/mol. The Bertz CT molecular complexity index is 912. The predicted octanol–water partition coefficient (Wildman–Crippen LogP) is 4.62. The number of hydrogen-bond acceptors (Lipinski definition) is 4. The van der Waals surface area contributed by atoms with Gasteiger partial charge in [-0.15, -0.1) is 0 Å². The van der Waals surface area contributed by atoms with Crippen LogP contribution in [-0.4, -0.2) is 43.7 Å². The highest BCUT2D eigenvalue weighted by atomic mass is 16.5. The van der Waals surface area contributed by atoms with Gasteiger partial charge in [0.1, 0.15) is 5.75 Å². The Morgan fingerprint density at radius 1 is 1.21 bits per heavy atom. The van der Waals surface area contributed by atoms with Gasteiger partial charge in [0, 0.05) is 6.54 Å². The smallest absolute Gasteiger partial charge is 0.337 e. The van der Waals surface area contributed by atoms with E-state index < -0.39 is 0 Å². The first-order valence-corrected chi connectivity index (χ1v) is 9.51. The van der Waals surface area contributed by atoms with Crippen molar-refractivity contribution in [3.63, 3.8) is 0 Å². The van der Waals surface area contributed by atoms with Gasteiger partial charge in [-0.2, -0.15) is 0 Å². The number of aromatic hydroxyl groups is 1. The maximum Gasteiger partial charge on any atom is 0.337 e. The first kappa shape index (κ1) is 19.9. The number of carbonyl (C=O) groups is 1. The molecule has 0 heterocycles. The molecule has 4 heteroatoms. The molecule has 146 valence electrons. The van der Waals surface area contributed by atoms with Gasteiger partial charge in [0.25, 0.3) is 0 Å². The number of methoxy groups -OCH3 is 1. The summed E-state index contributed by atoms with van der Waals surface area (Å²) in [5.74, 6) is 0.366. The first-order chi connectivity index (χ1) is 13.5. The number of benzene rings is 2. The zero-order chi connectivity index (χ0) is 20.1. The summed E-state index contributed by atoms with van der Waals surface area (Å²) in [6, 6.07) is 14.9. The van der Waals surface area contributed by atoms with Crippen LogP contribution in [0.4, 0.5) is 0 Å². The van der Waals surface area contributed by atoms with Crippen molar-refractivity contribution in [3.8, 4) is 5.75 Å². The lowest BCUT2D eigenvalue weighted by Crippen LogP contribution is -2.24. The van der Waals surface area contributed by atoms with E-state index >= 15 is 0 Å². The van der Waals surface area contributed by atoms with Gasteiger partial charge in [0.05, 0.1) is 12.7 Å². The fourth-order valence-corrected chi connectivity index (χ4v) is 3.72. The molecule has 0 aliphatic heterocycles. The molecular weight excluding hydrogens is 350 g/mol. The summed E-state index contributed by atoms with van der Waals surface area (Å²) in [6.45, 7) is 0.965. The maximum atomic E-state index is 11.8. The summed E-state index contributed by atoms with van der Waals surface area (Å²) < 4.78 is 4.82. The molecule has 0 saturated heterocycles. The van der Waals surface area contributed by atoms with Crippen molar-refractivity contribution in [1.29, 1.82) is 0 Å². The Balaban J connectivity index is 1.97. The van der Waals surface area contributed by atoms with Crippen molar-refractivity contribution < 1.29 is 14.6 Å². The van der Waals surface area contributed by atoms with E-state index in [4.69, 9.17) is 4.74 Å². The van der Waals surface area contributed by atoms with Crippen molar-refractivity contribution >= 4 is 17.6 Å². The van der Waals surface area contributed by atoms with E-state index in [1.165, 1.54) is 18.3 Å². The standard InChI is InChI=1S/C24H27NO3/c1-25(2)16-21-11-10-18(14-23(21)19-7-5-9-22(26)15-19)12-17-6-4-8-20(13-17)24(27)28-3/h4-9,12-15,21,26H,10-11,16H2,1-3H3/b18-12-/t21-/m1/s1. The van der Waals surface area contributed by atoms with Crippen LogP contribution in [0, 0.1) is 5.92 Å². The first-order valence-electron chi connectivity index (χ1n) is 9.51. The van der Waals surface area contributed by atoms with Crippen LogP contribution in [-0.2, 0) is 4.74 Å². The van der Waals surface area contributed by atoms with Gasteiger partial charge in [-0.05, 0) is 79.4 Å².